The van der Waals surface area contributed by atoms with Gasteiger partial charge in [0.2, 0.25) is 0 Å². The Labute approximate surface area is 186 Å². The minimum Gasteiger partial charge on any atom is -0.395 e. The molecule has 2 aromatic carbocycles. The number of rotatable bonds is 6. The van der Waals surface area contributed by atoms with Crippen molar-refractivity contribution in [1.29, 1.82) is 0 Å². The summed E-state index contributed by atoms with van der Waals surface area (Å²) in [5.41, 5.74) is 5.11. The molecule has 0 aliphatic heterocycles. The summed E-state index contributed by atoms with van der Waals surface area (Å²) in [5, 5.41) is 13.6. The topological polar surface area (TPSA) is 112 Å². The molecule has 7 nitrogen and oxygen atoms in total. The summed E-state index contributed by atoms with van der Waals surface area (Å²) in [7, 11) is -3.39. The van der Waals surface area contributed by atoms with E-state index in [1.807, 2.05) is 26.0 Å². The molecule has 0 spiro atoms. The molecule has 1 amide bonds. The number of aromatic nitrogens is 2. The first-order valence-electron chi connectivity index (χ1n) is 10.4. The van der Waals surface area contributed by atoms with E-state index in [1.54, 1.807) is 37.4 Å². The number of benzene rings is 2. The number of sulfone groups is 1. The van der Waals surface area contributed by atoms with Crippen molar-refractivity contribution < 1.29 is 18.3 Å². The van der Waals surface area contributed by atoms with E-state index in [1.165, 1.54) is 0 Å². The zero-order chi connectivity index (χ0) is 23.0. The van der Waals surface area contributed by atoms with E-state index < -0.39 is 9.84 Å². The molecule has 0 radical (unpaired) electrons. The van der Waals surface area contributed by atoms with Crippen molar-refractivity contribution in [3.8, 4) is 11.1 Å². The Hall–Kier alpha value is -3.23. The molecule has 2 aromatic heterocycles. The Balaban J connectivity index is 2.07. The highest BCUT2D eigenvalue weighted by Crippen LogP contribution is 2.38. The van der Waals surface area contributed by atoms with Crippen LogP contribution in [0.4, 0.5) is 0 Å². The number of carbonyl (C=O) groups is 1. The Kier molecular flexibility index (Phi) is 5.75. The van der Waals surface area contributed by atoms with Gasteiger partial charge in [0, 0.05) is 29.1 Å². The van der Waals surface area contributed by atoms with Gasteiger partial charge in [0.15, 0.2) is 9.84 Å². The molecular formula is C24H25N3O4S. The van der Waals surface area contributed by atoms with Gasteiger partial charge in [0.05, 0.1) is 22.8 Å². The maximum absolute atomic E-state index is 12.8. The first-order valence-corrected chi connectivity index (χ1v) is 12.1. The molecule has 0 unspecified atom stereocenters. The Morgan fingerprint density at radius 3 is 2.69 bits per heavy atom. The maximum Gasteiger partial charge on any atom is 0.251 e. The summed E-state index contributed by atoms with van der Waals surface area (Å²) in [4.78, 5) is 20.9. The lowest BCUT2D eigenvalue weighted by Crippen LogP contribution is -2.27. The Bertz CT molecular complexity index is 1460. The lowest BCUT2D eigenvalue weighted by Gasteiger charge is -2.13. The summed E-state index contributed by atoms with van der Waals surface area (Å²) >= 11 is 0. The van der Waals surface area contributed by atoms with E-state index in [9.17, 15) is 13.2 Å². The Morgan fingerprint density at radius 1 is 1.19 bits per heavy atom. The Morgan fingerprint density at radius 2 is 1.97 bits per heavy atom. The molecule has 0 saturated heterocycles. The second-order valence-electron chi connectivity index (χ2n) is 7.79. The van der Waals surface area contributed by atoms with Gasteiger partial charge < -0.3 is 15.4 Å². The highest BCUT2D eigenvalue weighted by Gasteiger charge is 2.21. The van der Waals surface area contributed by atoms with Crippen LogP contribution in [0.1, 0.15) is 28.4 Å². The zero-order valence-corrected chi connectivity index (χ0v) is 19.0. The average Bonchev–Trinajstić information content (AvgIpc) is 3.17. The fraction of sp³-hybridized carbons (Fsp3) is 0.250. The van der Waals surface area contributed by atoms with Crippen LogP contribution in [0.2, 0.25) is 0 Å². The van der Waals surface area contributed by atoms with Crippen LogP contribution in [0.25, 0.3) is 33.1 Å². The number of hydrogen-bond acceptors (Lipinski definition) is 5. The third-order valence-electron chi connectivity index (χ3n) is 5.65. The van der Waals surface area contributed by atoms with Crippen molar-refractivity contribution in [1.82, 2.24) is 15.3 Å². The number of pyridine rings is 1. The molecule has 166 valence electrons. The number of aliphatic hydroxyl groups excluding tert-OH is 1. The van der Waals surface area contributed by atoms with E-state index in [0.29, 0.717) is 16.8 Å². The van der Waals surface area contributed by atoms with Crippen molar-refractivity contribution in [2.75, 3.05) is 18.9 Å². The van der Waals surface area contributed by atoms with Crippen molar-refractivity contribution in [2.24, 2.45) is 0 Å². The van der Waals surface area contributed by atoms with Crippen LogP contribution in [-0.2, 0) is 9.84 Å². The molecular weight excluding hydrogens is 426 g/mol. The third-order valence-corrected chi connectivity index (χ3v) is 7.38. The second-order valence-corrected chi connectivity index (χ2v) is 10.1. The average molecular weight is 452 g/mol. The van der Waals surface area contributed by atoms with Gasteiger partial charge in [-0.3, -0.25) is 4.79 Å². The fourth-order valence-corrected chi connectivity index (χ4v) is 4.87. The van der Waals surface area contributed by atoms with E-state index in [4.69, 9.17) is 5.11 Å². The van der Waals surface area contributed by atoms with Crippen molar-refractivity contribution in [3.63, 3.8) is 0 Å². The van der Waals surface area contributed by atoms with Gasteiger partial charge in [-0.15, -0.1) is 0 Å². The van der Waals surface area contributed by atoms with Gasteiger partial charge in [-0.2, -0.15) is 0 Å². The van der Waals surface area contributed by atoms with E-state index in [0.717, 1.165) is 33.0 Å². The van der Waals surface area contributed by atoms with Crippen molar-refractivity contribution in [2.45, 2.75) is 25.7 Å². The smallest absolute Gasteiger partial charge is 0.251 e. The van der Waals surface area contributed by atoms with Crippen LogP contribution in [0.3, 0.4) is 0 Å². The molecule has 8 heteroatoms. The maximum atomic E-state index is 12.8. The summed E-state index contributed by atoms with van der Waals surface area (Å²) < 4.78 is 25.0. The quantitative estimate of drug-likeness (QED) is 0.415. The number of nitrogens with one attached hydrogen (secondary N) is 2. The number of amides is 1. The number of fused-ring (bicyclic) bond motifs is 3. The third kappa shape index (κ3) is 3.76. The standard InChI is InChI=1S/C24H25N3O4S/c1-4-32(30,31)17-7-5-6-16(11-17)19-12-18(24(29)25-8-9-28)15(3)22-21(19)20-10-14(2)13-26-23(20)27-22/h5-7,10-13,28H,4,8-9H2,1-3H3,(H,25,29)(H,26,27). The first kappa shape index (κ1) is 22.0. The van der Waals surface area contributed by atoms with Crippen molar-refractivity contribution >= 4 is 37.7 Å². The molecule has 0 aliphatic rings. The van der Waals surface area contributed by atoms with Gasteiger partial charge >= 0.3 is 0 Å². The summed E-state index contributed by atoms with van der Waals surface area (Å²) in [6.45, 7) is 5.42. The molecule has 0 atom stereocenters. The largest absolute Gasteiger partial charge is 0.395 e. The second kappa shape index (κ2) is 8.37. The molecule has 4 aromatic rings. The highest BCUT2D eigenvalue weighted by atomic mass is 32.2. The minimum atomic E-state index is -3.39. The lowest BCUT2D eigenvalue weighted by atomic mass is 9.93. The predicted molar refractivity (Wildman–Crippen MR) is 126 cm³/mol. The summed E-state index contributed by atoms with van der Waals surface area (Å²) in [6.07, 6.45) is 1.77. The molecule has 3 N–H and O–H groups in total. The molecule has 0 saturated carbocycles. The normalized spacial score (nSPS) is 11.9. The number of hydrogen-bond donors (Lipinski definition) is 3. The first-order chi connectivity index (χ1) is 15.3. The molecule has 0 bridgehead atoms. The van der Waals surface area contributed by atoms with Gasteiger partial charge in [0.25, 0.3) is 5.91 Å². The molecule has 0 aliphatic carbocycles. The van der Waals surface area contributed by atoms with Crippen LogP contribution in [0.15, 0.2) is 47.5 Å². The number of nitrogens with zero attached hydrogens (tertiary/aromatic N) is 1. The molecule has 4 rings (SSSR count). The number of carbonyl (C=O) groups excluding carboxylic acids is 1. The molecule has 2 heterocycles. The van der Waals surface area contributed by atoms with Gasteiger partial charge in [-0.25, -0.2) is 13.4 Å². The number of H-pyrrole nitrogens is 1. The van der Waals surface area contributed by atoms with Crippen LogP contribution < -0.4 is 5.32 Å². The van der Waals surface area contributed by atoms with Crippen LogP contribution in [-0.4, -0.2) is 48.3 Å². The fourth-order valence-electron chi connectivity index (χ4n) is 3.95. The number of aliphatic hydroxyl groups is 1. The van der Waals surface area contributed by atoms with Gasteiger partial charge in [0.1, 0.15) is 5.65 Å². The van der Waals surface area contributed by atoms with Crippen LogP contribution in [0.5, 0.6) is 0 Å². The van der Waals surface area contributed by atoms with E-state index >= 15 is 0 Å². The highest BCUT2D eigenvalue weighted by molar-refractivity contribution is 7.91. The van der Waals surface area contributed by atoms with Gasteiger partial charge in [-0.05, 0) is 60.4 Å². The van der Waals surface area contributed by atoms with Crippen molar-refractivity contribution in [3.05, 3.63) is 59.3 Å². The van der Waals surface area contributed by atoms with Crippen LogP contribution >= 0.6 is 0 Å². The van der Waals surface area contributed by atoms with E-state index in [-0.39, 0.29) is 29.7 Å². The predicted octanol–water partition coefficient (Wildman–Crippen LogP) is 3.52. The number of aryl methyl sites for hydroxylation is 2. The number of aromatic amines is 1. The zero-order valence-electron chi connectivity index (χ0n) is 18.2. The molecule has 32 heavy (non-hydrogen) atoms. The summed E-state index contributed by atoms with van der Waals surface area (Å²) in [5.74, 6) is -0.301. The molecule has 0 fully saturated rings. The van der Waals surface area contributed by atoms with Gasteiger partial charge in [-0.1, -0.05) is 19.1 Å². The lowest BCUT2D eigenvalue weighted by molar-refractivity contribution is 0.0944. The summed E-state index contributed by atoms with van der Waals surface area (Å²) in [6, 6.07) is 10.6. The SMILES string of the molecule is CCS(=O)(=O)c1cccc(-c2cc(C(=O)NCCO)c(C)c3[nH]c4ncc(C)cc4c23)c1. The monoisotopic (exact) mass is 451 g/mol. The van der Waals surface area contributed by atoms with Crippen LogP contribution in [0, 0.1) is 13.8 Å². The minimum absolute atomic E-state index is 0.00474. The van der Waals surface area contributed by atoms with E-state index in [2.05, 4.69) is 15.3 Å².